The van der Waals surface area contributed by atoms with Gasteiger partial charge in [0.25, 0.3) is 0 Å². The van der Waals surface area contributed by atoms with Crippen LogP contribution in [0, 0.1) is 5.92 Å². The molecule has 0 heterocycles. The van der Waals surface area contributed by atoms with E-state index in [1.807, 2.05) is 0 Å². The third kappa shape index (κ3) is 5.05. The predicted molar refractivity (Wildman–Crippen MR) is 78.8 cm³/mol. The average Bonchev–Trinajstić information content (AvgIpc) is 2.55. The van der Waals surface area contributed by atoms with E-state index in [4.69, 9.17) is 0 Å². The van der Waals surface area contributed by atoms with Crippen molar-refractivity contribution < 1.29 is 29.0 Å². The summed E-state index contributed by atoms with van der Waals surface area (Å²) in [6.07, 6.45) is 0.934. The van der Waals surface area contributed by atoms with Gasteiger partial charge in [-0.3, -0.25) is 14.4 Å². The predicted octanol–water partition coefficient (Wildman–Crippen LogP) is 1.90. The lowest BCUT2D eigenvalue weighted by atomic mass is 10.0. The first-order valence-corrected chi connectivity index (χ1v) is 6.64. The zero-order valence-corrected chi connectivity index (χ0v) is 12.4. The van der Waals surface area contributed by atoms with E-state index < -0.39 is 23.6 Å². The van der Waals surface area contributed by atoms with Gasteiger partial charge in [0.1, 0.15) is 5.76 Å². The summed E-state index contributed by atoms with van der Waals surface area (Å²) in [6, 6.07) is 8.56. The highest BCUT2D eigenvalue weighted by Gasteiger charge is 2.28. The number of benzene rings is 1. The Labute approximate surface area is 128 Å². The molecule has 22 heavy (non-hydrogen) atoms. The zero-order valence-electron chi connectivity index (χ0n) is 12.4. The van der Waals surface area contributed by atoms with E-state index in [-0.39, 0.29) is 18.6 Å². The van der Waals surface area contributed by atoms with Gasteiger partial charge in [0.15, 0.2) is 11.7 Å². The standard InChI is InChI=1S/C16H18O6/c1-21-15(19)13(16(20)22-2)9-8-12(17)10-14(18)11-6-4-3-5-7-11/h3-7,10,13,18H,8-9H2,1-2H3/b14-10-. The first kappa shape index (κ1) is 17.4. The Hall–Kier alpha value is -2.63. The largest absolute Gasteiger partial charge is 0.507 e. The Morgan fingerprint density at radius 2 is 1.64 bits per heavy atom. The van der Waals surface area contributed by atoms with Gasteiger partial charge in [0.2, 0.25) is 0 Å². The van der Waals surface area contributed by atoms with Gasteiger partial charge in [-0.15, -0.1) is 0 Å². The van der Waals surface area contributed by atoms with Gasteiger partial charge in [-0.2, -0.15) is 0 Å². The lowest BCUT2D eigenvalue weighted by molar-refractivity contribution is -0.159. The fourth-order valence-electron chi connectivity index (χ4n) is 1.82. The number of aliphatic hydroxyl groups excluding tert-OH is 1. The fourth-order valence-corrected chi connectivity index (χ4v) is 1.82. The number of methoxy groups -OCH3 is 2. The minimum Gasteiger partial charge on any atom is -0.507 e. The molecule has 0 unspecified atom stereocenters. The summed E-state index contributed by atoms with van der Waals surface area (Å²) in [5.41, 5.74) is 0.508. The Morgan fingerprint density at radius 1 is 1.09 bits per heavy atom. The molecule has 0 fully saturated rings. The van der Waals surface area contributed by atoms with E-state index in [0.29, 0.717) is 5.56 Å². The van der Waals surface area contributed by atoms with Crippen LogP contribution in [0.4, 0.5) is 0 Å². The first-order chi connectivity index (χ1) is 10.5. The number of rotatable bonds is 7. The molecule has 0 saturated carbocycles. The Kier molecular flexibility index (Phi) is 6.82. The topological polar surface area (TPSA) is 89.9 Å². The number of esters is 2. The molecule has 0 radical (unpaired) electrons. The molecular formula is C16H18O6. The van der Waals surface area contributed by atoms with Crippen LogP contribution in [0.15, 0.2) is 36.4 Å². The minimum atomic E-state index is -1.15. The van der Waals surface area contributed by atoms with E-state index in [9.17, 15) is 19.5 Å². The number of ketones is 1. The molecule has 0 bridgehead atoms. The number of hydrogen-bond acceptors (Lipinski definition) is 6. The third-order valence-corrected chi connectivity index (χ3v) is 3.02. The molecule has 6 heteroatoms. The summed E-state index contributed by atoms with van der Waals surface area (Å²) in [6.45, 7) is 0. The first-order valence-electron chi connectivity index (χ1n) is 6.64. The molecule has 0 aliphatic carbocycles. The molecule has 0 amide bonds. The third-order valence-electron chi connectivity index (χ3n) is 3.02. The van der Waals surface area contributed by atoms with Crippen molar-refractivity contribution in [1.82, 2.24) is 0 Å². The smallest absolute Gasteiger partial charge is 0.320 e. The maximum atomic E-state index is 11.8. The number of ether oxygens (including phenoxy) is 2. The highest BCUT2D eigenvalue weighted by molar-refractivity contribution is 5.98. The van der Waals surface area contributed by atoms with Crippen molar-refractivity contribution in [2.45, 2.75) is 12.8 Å². The Balaban J connectivity index is 2.68. The molecular weight excluding hydrogens is 288 g/mol. The van der Waals surface area contributed by atoms with Crippen molar-refractivity contribution in [3.8, 4) is 0 Å². The normalized spacial score (nSPS) is 11.1. The lowest BCUT2D eigenvalue weighted by Gasteiger charge is -2.11. The maximum Gasteiger partial charge on any atom is 0.320 e. The molecule has 1 aromatic carbocycles. The van der Waals surface area contributed by atoms with Crippen LogP contribution in [0.25, 0.3) is 5.76 Å². The molecule has 0 spiro atoms. The van der Waals surface area contributed by atoms with E-state index in [2.05, 4.69) is 9.47 Å². The quantitative estimate of drug-likeness (QED) is 0.358. The van der Waals surface area contributed by atoms with Crippen LogP contribution in [0.5, 0.6) is 0 Å². The second kappa shape index (κ2) is 8.61. The van der Waals surface area contributed by atoms with Gasteiger partial charge < -0.3 is 14.6 Å². The average molecular weight is 306 g/mol. The monoisotopic (exact) mass is 306 g/mol. The van der Waals surface area contributed by atoms with E-state index in [1.54, 1.807) is 30.3 Å². The van der Waals surface area contributed by atoms with Crippen LogP contribution < -0.4 is 0 Å². The Morgan fingerprint density at radius 3 is 2.14 bits per heavy atom. The maximum absolute atomic E-state index is 11.8. The van der Waals surface area contributed by atoms with Crippen LogP contribution in [0.2, 0.25) is 0 Å². The highest BCUT2D eigenvalue weighted by Crippen LogP contribution is 2.14. The van der Waals surface area contributed by atoms with Crippen LogP contribution in [-0.4, -0.2) is 37.0 Å². The summed E-state index contributed by atoms with van der Waals surface area (Å²) >= 11 is 0. The summed E-state index contributed by atoms with van der Waals surface area (Å²) in [4.78, 5) is 34.8. The number of aliphatic hydroxyl groups is 1. The number of carbonyl (C=O) groups is 3. The van der Waals surface area contributed by atoms with Crippen molar-refractivity contribution in [2.75, 3.05) is 14.2 Å². The number of carbonyl (C=O) groups excluding carboxylic acids is 3. The zero-order chi connectivity index (χ0) is 16.5. The number of hydrogen-bond donors (Lipinski definition) is 1. The van der Waals surface area contributed by atoms with Crippen LogP contribution >= 0.6 is 0 Å². The van der Waals surface area contributed by atoms with Crippen molar-refractivity contribution in [3.63, 3.8) is 0 Å². The molecule has 6 nitrogen and oxygen atoms in total. The molecule has 1 rings (SSSR count). The molecule has 0 aliphatic rings. The van der Waals surface area contributed by atoms with Crippen LogP contribution in [0.1, 0.15) is 18.4 Å². The second-order valence-electron chi connectivity index (χ2n) is 4.50. The number of allylic oxidation sites excluding steroid dienone is 1. The molecule has 1 aromatic rings. The van der Waals surface area contributed by atoms with E-state index in [0.717, 1.165) is 20.3 Å². The molecule has 118 valence electrons. The molecule has 0 atom stereocenters. The SMILES string of the molecule is COC(=O)C(CCC(=O)/C=C(\O)c1ccccc1)C(=O)OC. The lowest BCUT2D eigenvalue weighted by Crippen LogP contribution is -2.27. The summed E-state index contributed by atoms with van der Waals surface area (Å²) in [5.74, 6) is -3.23. The van der Waals surface area contributed by atoms with Gasteiger partial charge in [-0.25, -0.2) is 0 Å². The van der Waals surface area contributed by atoms with Crippen LogP contribution in [-0.2, 0) is 23.9 Å². The second-order valence-corrected chi connectivity index (χ2v) is 4.50. The molecule has 0 aliphatic heterocycles. The van der Waals surface area contributed by atoms with Crippen LogP contribution in [0.3, 0.4) is 0 Å². The van der Waals surface area contributed by atoms with Crippen molar-refractivity contribution in [2.24, 2.45) is 5.92 Å². The molecule has 0 aromatic heterocycles. The Bertz CT molecular complexity index is 545. The molecule has 1 N–H and O–H groups in total. The summed E-state index contributed by atoms with van der Waals surface area (Å²) < 4.78 is 9.00. The summed E-state index contributed by atoms with van der Waals surface area (Å²) in [5, 5.41) is 9.82. The van der Waals surface area contributed by atoms with Gasteiger partial charge in [-0.05, 0) is 6.42 Å². The van der Waals surface area contributed by atoms with Crippen molar-refractivity contribution in [3.05, 3.63) is 42.0 Å². The summed E-state index contributed by atoms with van der Waals surface area (Å²) in [7, 11) is 2.31. The van der Waals surface area contributed by atoms with Crippen molar-refractivity contribution in [1.29, 1.82) is 0 Å². The van der Waals surface area contributed by atoms with E-state index >= 15 is 0 Å². The molecule has 0 saturated heterocycles. The van der Waals surface area contributed by atoms with Crippen molar-refractivity contribution >= 4 is 23.5 Å². The van der Waals surface area contributed by atoms with Gasteiger partial charge >= 0.3 is 11.9 Å². The van der Waals surface area contributed by atoms with Gasteiger partial charge in [0.05, 0.1) is 14.2 Å². The van der Waals surface area contributed by atoms with Gasteiger partial charge in [-0.1, -0.05) is 30.3 Å². The highest BCUT2D eigenvalue weighted by atomic mass is 16.5. The van der Waals surface area contributed by atoms with E-state index in [1.165, 1.54) is 0 Å². The minimum absolute atomic E-state index is 0.0449. The fraction of sp³-hybridized carbons (Fsp3) is 0.312. The van der Waals surface area contributed by atoms with Gasteiger partial charge in [0, 0.05) is 18.1 Å².